The lowest BCUT2D eigenvalue weighted by molar-refractivity contribution is -0.127. The van der Waals surface area contributed by atoms with Crippen LogP contribution < -0.4 is 5.32 Å². The average Bonchev–Trinajstić information content (AvgIpc) is 2.24. The molecule has 1 aliphatic heterocycles. The summed E-state index contributed by atoms with van der Waals surface area (Å²) in [5.74, 6) is 0.547. The minimum absolute atomic E-state index is 0.0720. The molecule has 16 heavy (non-hydrogen) atoms. The second kappa shape index (κ2) is 6.21. The summed E-state index contributed by atoms with van der Waals surface area (Å²) in [5.41, 5.74) is 0. The Morgan fingerprint density at radius 2 is 2.19 bits per heavy atom. The molecule has 94 valence electrons. The van der Waals surface area contributed by atoms with Crippen LogP contribution in [0.5, 0.6) is 0 Å². The maximum atomic E-state index is 11.8. The minimum Gasteiger partial charge on any atom is -0.392 e. The van der Waals surface area contributed by atoms with Crippen molar-refractivity contribution in [1.82, 2.24) is 10.2 Å². The molecule has 1 saturated heterocycles. The molecule has 2 atom stereocenters. The van der Waals surface area contributed by atoms with Crippen LogP contribution in [0, 0.1) is 5.92 Å². The van der Waals surface area contributed by atoms with Crippen molar-refractivity contribution in [1.29, 1.82) is 0 Å². The van der Waals surface area contributed by atoms with E-state index in [4.69, 9.17) is 0 Å². The molecule has 1 aliphatic rings. The van der Waals surface area contributed by atoms with Crippen molar-refractivity contribution in [2.45, 2.75) is 45.8 Å². The standard InChI is InChI=1S/C12H24N2O2/c1-9(2)7-13-12(16)10(3)14-6-4-5-11(15)8-14/h9-11,15H,4-8H2,1-3H3,(H,13,16)/t10?,11-/m0/s1. The molecule has 0 radical (unpaired) electrons. The van der Waals surface area contributed by atoms with Gasteiger partial charge < -0.3 is 10.4 Å². The molecule has 4 nitrogen and oxygen atoms in total. The minimum atomic E-state index is -0.269. The van der Waals surface area contributed by atoms with Crippen molar-refractivity contribution in [2.24, 2.45) is 5.92 Å². The van der Waals surface area contributed by atoms with Crippen LogP contribution in [-0.4, -0.2) is 47.7 Å². The van der Waals surface area contributed by atoms with Gasteiger partial charge in [0.05, 0.1) is 12.1 Å². The zero-order chi connectivity index (χ0) is 12.1. The number of likely N-dealkylation sites (tertiary alicyclic amines) is 1. The first-order valence-corrected chi connectivity index (χ1v) is 6.20. The fourth-order valence-corrected chi connectivity index (χ4v) is 1.95. The summed E-state index contributed by atoms with van der Waals surface area (Å²) < 4.78 is 0. The van der Waals surface area contributed by atoms with E-state index in [0.29, 0.717) is 12.5 Å². The zero-order valence-corrected chi connectivity index (χ0v) is 10.6. The Morgan fingerprint density at radius 3 is 2.75 bits per heavy atom. The average molecular weight is 228 g/mol. The van der Waals surface area contributed by atoms with E-state index in [1.807, 2.05) is 6.92 Å². The van der Waals surface area contributed by atoms with E-state index < -0.39 is 0 Å². The Hall–Kier alpha value is -0.610. The number of piperidine rings is 1. The molecule has 1 rings (SSSR count). The van der Waals surface area contributed by atoms with Gasteiger partial charge in [0.2, 0.25) is 5.91 Å². The Morgan fingerprint density at radius 1 is 1.50 bits per heavy atom. The van der Waals surface area contributed by atoms with E-state index in [1.165, 1.54) is 0 Å². The predicted molar refractivity (Wildman–Crippen MR) is 64.1 cm³/mol. The topological polar surface area (TPSA) is 52.6 Å². The Labute approximate surface area is 98.0 Å². The van der Waals surface area contributed by atoms with Crippen LogP contribution in [0.4, 0.5) is 0 Å². The maximum Gasteiger partial charge on any atom is 0.237 e. The van der Waals surface area contributed by atoms with E-state index in [1.54, 1.807) is 0 Å². The van der Waals surface area contributed by atoms with Gasteiger partial charge in [0, 0.05) is 13.1 Å². The van der Waals surface area contributed by atoms with Crippen LogP contribution in [0.2, 0.25) is 0 Å². The third kappa shape index (κ3) is 4.10. The van der Waals surface area contributed by atoms with Gasteiger partial charge >= 0.3 is 0 Å². The van der Waals surface area contributed by atoms with E-state index in [-0.39, 0.29) is 18.1 Å². The number of rotatable bonds is 4. The summed E-state index contributed by atoms with van der Waals surface area (Å²) in [4.78, 5) is 13.9. The van der Waals surface area contributed by atoms with E-state index >= 15 is 0 Å². The van der Waals surface area contributed by atoms with E-state index in [9.17, 15) is 9.90 Å². The molecule has 0 bridgehead atoms. The summed E-state index contributed by atoms with van der Waals surface area (Å²) in [6.07, 6.45) is 1.56. The number of aliphatic hydroxyl groups is 1. The molecule has 1 unspecified atom stereocenters. The third-order valence-corrected chi connectivity index (χ3v) is 3.04. The molecule has 1 amide bonds. The number of hydrogen-bond acceptors (Lipinski definition) is 3. The molecule has 1 fully saturated rings. The van der Waals surface area contributed by atoms with Gasteiger partial charge in [-0.3, -0.25) is 9.69 Å². The quantitative estimate of drug-likeness (QED) is 0.741. The fraction of sp³-hybridized carbons (Fsp3) is 0.917. The summed E-state index contributed by atoms with van der Waals surface area (Å²) in [6.45, 7) is 8.32. The summed E-state index contributed by atoms with van der Waals surface area (Å²) in [6, 6.07) is -0.131. The highest BCUT2D eigenvalue weighted by Gasteiger charge is 2.26. The van der Waals surface area contributed by atoms with Gasteiger partial charge in [-0.1, -0.05) is 13.8 Å². The molecular formula is C12H24N2O2. The number of carbonyl (C=O) groups is 1. The van der Waals surface area contributed by atoms with Gasteiger partial charge in [-0.25, -0.2) is 0 Å². The normalized spacial score (nSPS) is 24.4. The zero-order valence-electron chi connectivity index (χ0n) is 10.6. The van der Waals surface area contributed by atoms with Gasteiger partial charge in [-0.2, -0.15) is 0 Å². The third-order valence-electron chi connectivity index (χ3n) is 3.04. The highest BCUT2D eigenvalue weighted by Crippen LogP contribution is 2.12. The predicted octanol–water partition coefficient (Wildman–Crippen LogP) is 0.604. The number of nitrogens with zero attached hydrogens (tertiary/aromatic N) is 1. The van der Waals surface area contributed by atoms with Gasteiger partial charge in [-0.05, 0) is 32.2 Å². The SMILES string of the molecule is CC(C)CNC(=O)C(C)N1CCC[C@H](O)C1. The lowest BCUT2D eigenvalue weighted by Crippen LogP contribution is -2.50. The fourth-order valence-electron chi connectivity index (χ4n) is 1.95. The van der Waals surface area contributed by atoms with E-state index in [0.717, 1.165) is 25.9 Å². The number of β-amino-alcohol motifs (C(OH)–C–C–N with tert-alkyl or cyclic N) is 1. The molecule has 1 heterocycles. The Bertz CT molecular complexity index is 231. The number of carbonyl (C=O) groups excluding carboxylic acids is 1. The molecule has 2 N–H and O–H groups in total. The summed E-state index contributed by atoms with van der Waals surface area (Å²) in [5, 5.41) is 12.5. The first kappa shape index (κ1) is 13.5. The van der Waals surface area contributed by atoms with Crippen molar-refractivity contribution >= 4 is 5.91 Å². The van der Waals surface area contributed by atoms with Gasteiger partial charge in [-0.15, -0.1) is 0 Å². The highest BCUT2D eigenvalue weighted by atomic mass is 16.3. The van der Waals surface area contributed by atoms with Crippen LogP contribution in [-0.2, 0) is 4.79 Å². The summed E-state index contributed by atoms with van der Waals surface area (Å²) in [7, 11) is 0. The van der Waals surface area contributed by atoms with E-state index in [2.05, 4.69) is 24.1 Å². The van der Waals surface area contributed by atoms with Crippen molar-refractivity contribution in [2.75, 3.05) is 19.6 Å². The molecular weight excluding hydrogens is 204 g/mol. The highest BCUT2D eigenvalue weighted by molar-refractivity contribution is 5.81. The molecule has 0 spiro atoms. The largest absolute Gasteiger partial charge is 0.392 e. The first-order chi connectivity index (χ1) is 7.50. The molecule has 0 aromatic rings. The second-order valence-corrected chi connectivity index (χ2v) is 5.11. The second-order valence-electron chi connectivity index (χ2n) is 5.11. The smallest absolute Gasteiger partial charge is 0.237 e. The lowest BCUT2D eigenvalue weighted by atomic mass is 10.1. The number of nitrogens with one attached hydrogen (secondary N) is 1. The Kier molecular flexibility index (Phi) is 5.22. The molecule has 0 aromatic carbocycles. The van der Waals surface area contributed by atoms with Crippen LogP contribution in [0.15, 0.2) is 0 Å². The van der Waals surface area contributed by atoms with Crippen molar-refractivity contribution in [3.8, 4) is 0 Å². The van der Waals surface area contributed by atoms with Gasteiger partial charge in [0.15, 0.2) is 0 Å². The monoisotopic (exact) mass is 228 g/mol. The van der Waals surface area contributed by atoms with Crippen molar-refractivity contribution in [3.63, 3.8) is 0 Å². The molecule has 0 saturated carbocycles. The first-order valence-electron chi connectivity index (χ1n) is 6.20. The maximum absolute atomic E-state index is 11.8. The van der Waals surface area contributed by atoms with Crippen LogP contribution >= 0.6 is 0 Å². The Balaban J connectivity index is 2.37. The lowest BCUT2D eigenvalue weighted by Gasteiger charge is -2.34. The number of aliphatic hydroxyl groups excluding tert-OH is 1. The number of hydrogen-bond donors (Lipinski definition) is 2. The summed E-state index contributed by atoms with van der Waals surface area (Å²) >= 11 is 0. The van der Waals surface area contributed by atoms with Crippen molar-refractivity contribution in [3.05, 3.63) is 0 Å². The van der Waals surface area contributed by atoms with Crippen molar-refractivity contribution < 1.29 is 9.90 Å². The number of amides is 1. The van der Waals surface area contributed by atoms with Crippen LogP contribution in [0.1, 0.15) is 33.6 Å². The molecule has 0 aliphatic carbocycles. The van der Waals surface area contributed by atoms with Crippen LogP contribution in [0.3, 0.4) is 0 Å². The molecule has 0 aromatic heterocycles. The van der Waals surface area contributed by atoms with Gasteiger partial charge in [0.1, 0.15) is 0 Å². The molecule has 4 heteroatoms. The van der Waals surface area contributed by atoms with Gasteiger partial charge in [0.25, 0.3) is 0 Å². The van der Waals surface area contributed by atoms with Crippen LogP contribution in [0.25, 0.3) is 0 Å².